The van der Waals surface area contributed by atoms with Crippen molar-refractivity contribution in [3.8, 4) is 5.75 Å². The third-order valence-corrected chi connectivity index (χ3v) is 3.71. The average Bonchev–Trinajstić information content (AvgIpc) is 2.54. The fourth-order valence-corrected chi connectivity index (χ4v) is 2.53. The van der Waals surface area contributed by atoms with E-state index in [1.54, 1.807) is 13.3 Å². The number of nitrogens with zero attached hydrogens (tertiary/aromatic N) is 1. The number of aromatic nitrogens is 1. The van der Waals surface area contributed by atoms with E-state index in [9.17, 15) is 5.11 Å². The van der Waals surface area contributed by atoms with Gasteiger partial charge in [0.15, 0.2) is 0 Å². The zero-order valence-corrected chi connectivity index (χ0v) is 12.1. The summed E-state index contributed by atoms with van der Waals surface area (Å²) in [5, 5.41) is 11.7. The monoisotopic (exact) mass is 279 g/mol. The van der Waals surface area contributed by atoms with Crippen molar-refractivity contribution in [3.63, 3.8) is 0 Å². The van der Waals surface area contributed by atoms with E-state index in [4.69, 9.17) is 4.74 Å². The molecule has 2 aromatic carbocycles. The molecule has 0 fully saturated rings. The van der Waals surface area contributed by atoms with E-state index >= 15 is 0 Å². The Morgan fingerprint density at radius 2 is 1.90 bits per heavy atom. The Labute approximate surface area is 123 Å². The minimum atomic E-state index is -0.724. The molecule has 0 aliphatic rings. The summed E-state index contributed by atoms with van der Waals surface area (Å²) in [5.74, 6) is 0.778. The predicted molar refractivity (Wildman–Crippen MR) is 83.5 cm³/mol. The lowest BCUT2D eigenvalue weighted by Crippen LogP contribution is -2.02. The number of rotatable bonds is 3. The molecule has 0 bridgehead atoms. The van der Waals surface area contributed by atoms with E-state index in [0.29, 0.717) is 0 Å². The van der Waals surface area contributed by atoms with Crippen molar-refractivity contribution in [1.29, 1.82) is 0 Å². The maximum Gasteiger partial charge on any atom is 0.122 e. The normalized spacial score (nSPS) is 12.3. The van der Waals surface area contributed by atoms with Crippen LogP contribution >= 0.6 is 0 Å². The molecule has 3 rings (SSSR count). The summed E-state index contributed by atoms with van der Waals surface area (Å²) in [6, 6.07) is 15.5. The van der Waals surface area contributed by atoms with Crippen molar-refractivity contribution in [2.75, 3.05) is 7.11 Å². The lowest BCUT2D eigenvalue weighted by Gasteiger charge is -2.15. The first-order chi connectivity index (χ1) is 10.2. The van der Waals surface area contributed by atoms with Crippen LogP contribution in [-0.2, 0) is 0 Å². The quantitative estimate of drug-likeness (QED) is 0.796. The van der Waals surface area contributed by atoms with Crippen molar-refractivity contribution < 1.29 is 9.84 Å². The first kappa shape index (κ1) is 13.6. The maximum absolute atomic E-state index is 10.7. The third-order valence-electron chi connectivity index (χ3n) is 3.71. The van der Waals surface area contributed by atoms with Gasteiger partial charge in [-0.2, -0.15) is 0 Å². The van der Waals surface area contributed by atoms with E-state index in [0.717, 1.165) is 33.3 Å². The van der Waals surface area contributed by atoms with Crippen LogP contribution in [0.1, 0.15) is 22.8 Å². The molecule has 3 aromatic rings. The second-order valence-electron chi connectivity index (χ2n) is 5.05. The molecule has 1 unspecified atom stereocenters. The van der Waals surface area contributed by atoms with Gasteiger partial charge in [0.05, 0.1) is 12.6 Å². The number of aryl methyl sites for hydroxylation is 1. The minimum absolute atomic E-state index is 0.724. The summed E-state index contributed by atoms with van der Waals surface area (Å²) in [6.07, 6.45) is 1.02. The Balaban J connectivity index is 2.10. The number of pyridine rings is 1. The van der Waals surface area contributed by atoms with Gasteiger partial charge in [-0.25, -0.2) is 0 Å². The summed E-state index contributed by atoms with van der Waals surface area (Å²) in [6.45, 7) is 1.98. The zero-order valence-electron chi connectivity index (χ0n) is 12.1. The van der Waals surface area contributed by atoms with Crippen LogP contribution in [0.15, 0.2) is 54.7 Å². The van der Waals surface area contributed by atoms with Gasteiger partial charge in [-0.3, -0.25) is 4.98 Å². The first-order valence-electron chi connectivity index (χ1n) is 6.87. The van der Waals surface area contributed by atoms with E-state index in [1.165, 1.54) is 0 Å². The molecule has 1 aromatic heterocycles. The Hall–Kier alpha value is -2.39. The van der Waals surface area contributed by atoms with Gasteiger partial charge in [-0.15, -0.1) is 0 Å². The van der Waals surface area contributed by atoms with E-state index in [2.05, 4.69) is 4.98 Å². The highest BCUT2D eigenvalue weighted by atomic mass is 16.5. The molecule has 0 saturated carbocycles. The summed E-state index contributed by atoms with van der Waals surface area (Å²) in [4.78, 5) is 4.40. The number of methoxy groups -OCH3 is 1. The van der Waals surface area contributed by atoms with Gasteiger partial charge in [0.2, 0.25) is 0 Å². The van der Waals surface area contributed by atoms with Crippen LogP contribution in [0, 0.1) is 6.92 Å². The molecule has 1 N–H and O–H groups in total. The van der Waals surface area contributed by atoms with Crippen LogP contribution in [0.2, 0.25) is 0 Å². The van der Waals surface area contributed by atoms with Gasteiger partial charge >= 0.3 is 0 Å². The maximum atomic E-state index is 10.7. The van der Waals surface area contributed by atoms with Crippen molar-refractivity contribution in [2.24, 2.45) is 0 Å². The van der Waals surface area contributed by atoms with Gasteiger partial charge in [-0.1, -0.05) is 36.4 Å². The van der Waals surface area contributed by atoms with Crippen LogP contribution in [0.25, 0.3) is 10.9 Å². The van der Waals surface area contributed by atoms with Crippen molar-refractivity contribution in [3.05, 3.63) is 71.4 Å². The number of benzene rings is 2. The highest BCUT2D eigenvalue weighted by Gasteiger charge is 2.15. The van der Waals surface area contributed by atoms with Crippen LogP contribution in [0.4, 0.5) is 0 Å². The molecule has 1 atom stereocenters. The summed E-state index contributed by atoms with van der Waals surface area (Å²) in [7, 11) is 1.64. The van der Waals surface area contributed by atoms with Crippen LogP contribution in [0.5, 0.6) is 5.75 Å². The van der Waals surface area contributed by atoms with Crippen LogP contribution < -0.4 is 4.74 Å². The minimum Gasteiger partial charge on any atom is -0.496 e. The van der Waals surface area contributed by atoms with Crippen molar-refractivity contribution in [1.82, 2.24) is 4.98 Å². The van der Waals surface area contributed by atoms with E-state index in [1.807, 2.05) is 55.5 Å². The van der Waals surface area contributed by atoms with Gasteiger partial charge in [0, 0.05) is 17.1 Å². The van der Waals surface area contributed by atoms with Crippen molar-refractivity contribution in [2.45, 2.75) is 13.0 Å². The number of aliphatic hydroxyl groups excluding tert-OH is 1. The molecular weight excluding hydrogens is 262 g/mol. The number of ether oxygens (including phenoxy) is 1. The lowest BCUT2D eigenvalue weighted by molar-refractivity contribution is 0.221. The van der Waals surface area contributed by atoms with Crippen LogP contribution in [-0.4, -0.2) is 17.2 Å². The second-order valence-corrected chi connectivity index (χ2v) is 5.05. The smallest absolute Gasteiger partial charge is 0.122 e. The lowest BCUT2D eigenvalue weighted by atomic mass is 9.98. The highest BCUT2D eigenvalue weighted by Crippen LogP contribution is 2.30. The number of para-hydroxylation sites is 1. The Kier molecular flexibility index (Phi) is 3.59. The first-order valence-corrected chi connectivity index (χ1v) is 6.87. The molecule has 1 heterocycles. The van der Waals surface area contributed by atoms with E-state index < -0.39 is 6.10 Å². The topological polar surface area (TPSA) is 42.4 Å². The van der Waals surface area contributed by atoms with E-state index in [-0.39, 0.29) is 0 Å². The Morgan fingerprint density at radius 3 is 2.71 bits per heavy atom. The SMILES string of the molecule is COc1cc(C(O)c2cccc3cccnc23)ccc1C. The summed E-state index contributed by atoms with van der Waals surface area (Å²) < 4.78 is 5.33. The fraction of sp³-hybridized carbons (Fsp3) is 0.167. The fourth-order valence-electron chi connectivity index (χ4n) is 2.53. The third kappa shape index (κ3) is 2.48. The molecule has 0 spiro atoms. The second kappa shape index (κ2) is 5.54. The molecule has 3 nitrogen and oxygen atoms in total. The molecule has 3 heteroatoms. The van der Waals surface area contributed by atoms with Gasteiger partial charge in [0.1, 0.15) is 11.9 Å². The molecule has 106 valence electrons. The highest BCUT2D eigenvalue weighted by molar-refractivity contribution is 5.82. The number of aliphatic hydroxyl groups is 1. The molecule has 0 amide bonds. The standard InChI is InChI=1S/C18H17NO2/c1-12-8-9-14(11-16(12)21-2)18(20)15-7-3-5-13-6-4-10-19-17(13)15/h3-11,18,20H,1-2H3. The van der Waals surface area contributed by atoms with Crippen LogP contribution in [0.3, 0.4) is 0 Å². The number of fused-ring (bicyclic) bond motifs is 1. The molecule has 0 aliphatic carbocycles. The summed E-state index contributed by atoms with van der Waals surface area (Å²) in [5.41, 5.74) is 3.48. The Morgan fingerprint density at radius 1 is 1.10 bits per heavy atom. The van der Waals surface area contributed by atoms with Gasteiger partial charge in [-0.05, 0) is 30.2 Å². The van der Waals surface area contributed by atoms with Gasteiger partial charge < -0.3 is 9.84 Å². The Bertz CT molecular complexity index is 778. The molecule has 0 saturated heterocycles. The summed E-state index contributed by atoms with van der Waals surface area (Å²) >= 11 is 0. The molecule has 0 radical (unpaired) electrons. The molecule has 0 aliphatic heterocycles. The largest absolute Gasteiger partial charge is 0.496 e. The molecular formula is C18H17NO2. The van der Waals surface area contributed by atoms with Crippen molar-refractivity contribution >= 4 is 10.9 Å². The average molecular weight is 279 g/mol. The molecule has 21 heavy (non-hydrogen) atoms. The zero-order chi connectivity index (χ0) is 14.8. The number of hydrogen-bond donors (Lipinski definition) is 1. The number of hydrogen-bond acceptors (Lipinski definition) is 3. The van der Waals surface area contributed by atoms with Gasteiger partial charge in [0.25, 0.3) is 0 Å². The predicted octanol–water partition coefficient (Wildman–Crippen LogP) is 3.63.